The molecular formula is C13H22F3IN4OS. The summed E-state index contributed by atoms with van der Waals surface area (Å²) in [6.45, 7) is 4.40. The van der Waals surface area contributed by atoms with Gasteiger partial charge in [-0.3, -0.25) is 4.99 Å². The highest BCUT2D eigenvalue weighted by Gasteiger charge is 2.33. The number of guanidine groups is 1. The van der Waals surface area contributed by atoms with Crippen LogP contribution in [0.4, 0.5) is 13.2 Å². The van der Waals surface area contributed by atoms with Gasteiger partial charge in [0.2, 0.25) is 0 Å². The molecule has 0 amide bonds. The lowest BCUT2D eigenvalue weighted by Crippen LogP contribution is -2.38. The molecule has 134 valence electrons. The number of nitrogens with zero attached hydrogens (tertiary/aromatic N) is 2. The molecule has 0 aliphatic carbocycles. The Labute approximate surface area is 155 Å². The number of thiazole rings is 1. The first-order valence-corrected chi connectivity index (χ1v) is 7.88. The lowest BCUT2D eigenvalue weighted by molar-refractivity contribution is -0.140. The minimum absolute atomic E-state index is 0. The monoisotopic (exact) mass is 466 g/mol. The van der Waals surface area contributed by atoms with E-state index in [1.807, 2.05) is 6.92 Å². The summed E-state index contributed by atoms with van der Waals surface area (Å²) in [6.07, 6.45) is -3.14. The fourth-order valence-electron chi connectivity index (χ4n) is 1.59. The summed E-state index contributed by atoms with van der Waals surface area (Å²) in [5.41, 5.74) is -0.826. The third-order valence-electron chi connectivity index (χ3n) is 2.59. The maximum absolute atomic E-state index is 12.4. The maximum atomic E-state index is 12.4. The van der Waals surface area contributed by atoms with Gasteiger partial charge in [-0.05, 0) is 13.3 Å². The van der Waals surface area contributed by atoms with E-state index in [9.17, 15) is 13.2 Å². The number of hydrogen-bond acceptors (Lipinski definition) is 4. The van der Waals surface area contributed by atoms with Crippen molar-refractivity contribution in [3.63, 3.8) is 0 Å². The van der Waals surface area contributed by atoms with Crippen LogP contribution in [0, 0.1) is 0 Å². The normalized spacial score (nSPS) is 12.0. The molecule has 0 fully saturated rings. The highest BCUT2D eigenvalue weighted by Crippen LogP contribution is 2.29. The molecule has 1 aromatic rings. The van der Waals surface area contributed by atoms with Gasteiger partial charge in [-0.1, -0.05) is 0 Å². The predicted octanol–water partition coefficient (Wildman–Crippen LogP) is 2.91. The van der Waals surface area contributed by atoms with Gasteiger partial charge in [-0.2, -0.15) is 13.2 Å². The molecule has 0 spiro atoms. The smallest absolute Gasteiger partial charge is 0.385 e. The lowest BCUT2D eigenvalue weighted by atomic mass is 10.4. The number of aromatic nitrogens is 1. The van der Waals surface area contributed by atoms with Crippen LogP contribution in [0.5, 0.6) is 0 Å². The molecule has 0 atom stereocenters. The Bertz CT molecular complexity index is 468. The SMILES string of the molecule is CCNC(=NCCCOC)NCCc1nc(C(F)(F)F)cs1.I. The van der Waals surface area contributed by atoms with Crippen molar-refractivity contribution < 1.29 is 17.9 Å². The standard InChI is InChI=1S/C13H21F3N4OS.HI/c1-3-17-12(18-6-4-8-21-2)19-7-5-11-20-10(9-22-11)13(14,15)16;/h9H,3-8H2,1-2H3,(H2,17,18,19);1H. The average Bonchev–Trinajstić information content (AvgIpc) is 2.92. The van der Waals surface area contributed by atoms with Crippen LogP contribution in [0.15, 0.2) is 10.4 Å². The number of hydrogen-bond donors (Lipinski definition) is 2. The molecular weight excluding hydrogens is 444 g/mol. The van der Waals surface area contributed by atoms with E-state index < -0.39 is 11.9 Å². The molecule has 1 aromatic heterocycles. The quantitative estimate of drug-likeness (QED) is 0.268. The van der Waals surface area contributed by atoms with Gasteiger partial charge in [0, 0.05) is 45.2 Å². The third kappa shape index (κ3) is 9.30. The molecule has 0 aliphatic heterocycles. The zero-order valence-electron chi connectivity index (χ0n) is 13.1. The van der Waals surface area contributed by atoms with Crippen LogP contribution >= 0.6 is 35.3 Å². The van der Waals surface area contributed by atoms with Crippen molar-refractivity contribution in [1.82, 2.24) is 15.6 Å². The van der Waals surface area contributed by atoms with Gasteiger partial charge < -0.3 is 15.4 Å². The largest absolute Gasteiger partial charge is 0.434 e. The highest BCUT2D eigenvalue weighted by molar-refractivity contribution is 14.0. The number of nitrogens with one attached hydrogen (secondary N) is 2. The van der Waals surface area contributed by atoms with Crippen LogP contribution in [0.1, 0.15) is 24.0 Å². The fourth-order valence-corrected chi connectivity index (χ4v) is 2.39. The molecule has 0 bridgehead atoms. The van der Waals surface area contributed by atoms with Gasteiger partial charge in [0.05, 0.1) is 5.01 Å². The summed E-state index contributed by atoms with van der Waals surface area (Å²) in [6, 6.07) is 0. The molecule has 0 radical (unpaired) electrons. The number of aliphatic imine (C=N–C) groups is 1. The van der Waals surface area contributed by atoms with Gasteiger partial charge in [0.1, 0.15) is 0 Å². The van der Waals surface area contributed by atoms with Gasteiger partial charge >= 0.3 is 6.18 Å². The summed E-state index contributed by atoms with van der Waals surface area (Å²) in [4.78, 5) is 7.93. The number of halogens is 4. The second-order valence-electron chi connectivity index (χ2n) is 4.41. The molecule has 1 rings (SSSR count). The van der Waals surface area contributed by atoms with Crippen molar-refractivity contribution in [2.45, 2.75) is 25.9 Å². The number of ether oxygens (including phenoxy) is 1. The molecule has 0 saturated heterocycles. The Kier molecular flexibility index (Phi) is 11.5. The predicted molar refractivity (Wildman–Crippen MR) is 96.7 cm³/mol. The molecule has 10 heteroatoms. The topological polar surface area (TPSA) is 58.5 Å². The van der Waals surface area contributed by atoms with E-state index in [2.05, 4.69) is 20.6 Å². The summed E-state index contributed by atoms with van der Waals surface area (Å²) < 4.78 is 42.3. The van der Waals surface area contributed by atoms with Crippen molar-refractivity contribution in [2.24, 2.45) is 4.99 Å². The number of rotatable bonds is 8. The second kappa shape index (κ2) is 11.8. The molecule has 0 unspecified atom stereocenters. The van der Waals surface area contributed by atoms with E-state index in [0.29, 0.717) is 43.6 Å². The van der Waals surface area contributed by atoms with Crippen LogP contribution < -0.4 is 10.6 Å². The van der Waals surface area contributed by atoms with Crippen LogP contribution in [0.25, 0.3) is 0 Å². The zero-order valence-corrected chi connectivity index (χ0v) is 16.2. The van der Waals surface area contributed by atoms with E-state index >= 15 is 0 Å². The molecule has 23 heavy (non-hydrogen) atoms. The second-order valence-corrected chi connectivity index (χ2v) is 5.35. The molecule has 1 heterocycles. The van der Waals surface area contributed by atoms with Crippen molar-refractivity contribution in [2.75, 3.05) is 33.4 Å². The van der Waals surface area contributed by atoms with Crippen molar-refractivity contribution in [3.8, 4) is 0 Å². The Balaban J connectivity index is 0.00000484. The van der Waals surface area contributed by atoms with E-state index in [0.717, 1.165) is 23.1 Å². The van der Waals surface area contributed by atoms with Gasteiger partial charge in [-0.25, -0.2) is 4.98 Å². The Morgan fingerprint density at radius 2 is 2.13 bits per heavy atom. The molecule has 0 aliphatic rings. The summed E-state index contributed by atoms with van der Waals surface area (Å²) in [5, 5.41) is 7.65. The molecule has 5 nitrogen and oxygen atoms in total. The van der Waals surface area contributed by atoms with Crippen molar-refractivity contribution >= 4 is 41.3 Å². The first kappa shape index (κ1) is 22.4. The Morgan fingerprint density at radius 3 is 2.70 bits per heavy atom. The Hall–Kier alpha value is -0.620. The first-order valence-electron chi connectivity index (χ1n) is 7.00. The summed E-state index contributed by atoms with van der Waals surface area (Å²) in [7, 11) is 1.64. The average molecular weight is 466 g/mol. The summed E-state index contributed by atoms with van der Waals surface area (Å²) >= 11 is 1.02. The zero-order chi connectivity index (χ0) is 16.4. The first-order chi connectivity index (χ1) is 10.5. The van der Waals surface area contributed by atoms with Gasteiger partial charge in [0.25, 0.3) is 0 Å². The molecule has 0 saturated carbocycles. The lowest BCUT2D eigenvalue weighted by Gasteiger charge is -2.10. The maximum Gasteiger partial charge on any atom is 0.434 e. The number of methoxy groups -OCH3 is 1. The van der Waals surface area contributed by atoms with Crippen LogP contribution in [-0.4, -0.2) is 44.3 Å². The molecule has 2 N–H and O–H groups in total. The van der Waals surface area contributed by atoms with E-state index in [1.54, 1.807) is 7.11 Å². The van der Waals surface area contributed by atoms with Gasteiger partial charge in [-0.15, -0.1) is 35.3 Å². The summed E-state index contributed by atoms with van der Waals surface area (Å²) in [5.74, 6) is 0.645. The van der Waals surface area contributed by atoms with E-state index in [4.69, 9.17) is 4.74 Å². The van der Waals surface area contributed by atoms with E-state index in [1.165, 1.54) is 0 Å². The van der Waals surface area contributed by atoms with Crippen LogP contribution in [-0.2, 0) is 17.3 Å². The van der Waals surface area contributed by atoms with Gasteiger partial charge in [0.15, 0.2) is 11.7 Å². The van der Waals surface area contributed by atoms with Crippen LogP contribution in [0.2, 0.25) is 0 Å². The minimum Gasteiger partial charge on any atom is -0.385 e. The highest BCUT2D eigenvalue weighted by atomic mass is 127. The van der Waals surface area contributed by atoms with Crippen molar-refractivity contribution in [1.29, 1.82) is 0 Å². The minimum atomic E-state index is -4.38. The Morgan fingerprint density at radius 1 is 1.39 bits per heavy atom. The van der Waals surface area contributed by atoms with Crippen molar-refractivity contribution in [3.05, 3.63) is 16.1 Å². The third-order valence-corrected chi connectivity index (χ3v) is 3.50. The molecule has 0 aromatic carbocycles. The number of alkyl halides is 3. The fraction of sp³-hybridized carbons (Fsp3) is 0.692. The van der Waals surface area contributed by atoms with E-state index in [-0.39, 0.29) is 24.0 Å². The van der Waals surface area contributed by atoms with Crippen LogP contribution in [0.3, 0.4) is 0 Å².